The summed E-state index contributed by atoms with van der Waals surface area (Å²) in [5.41, 5.74) is 0. The van der Waals surface area contributed by atoms with Crippen molar-refractivity contribution >= 4 is 5.91 Å². The molecule has 0 bridgehead atoms. The summed E-state index contributed by atoms with van der Waals surface area (Å²) in [5, 5.41) is 0. The van der Waals surface area contributed by atoms with Crippen molar-refractivity contribution in [2.75, 3.05) is 26.8 Å². The maximum Gasteiger partial charge on any atom is 0.248 e. The van der Waals surface area contributed by atoms with Crippen LogP contribution in [0.3, 0.4) is 0 Å². The van der Waals surface area contributed by atoms with Crippen molar-refractivity contribution in [2.24, 2.45) is 0 Å². The normalized spacial score (nSPS) is 9.92. The van der Waals surface area contributed by atoms with E-state index < -0.39 is 0 Å². The lowest BCUT2D eigenvalue weighted by Gasteiger charge is -2.16. The van der Waals surface area contributed by atoms with Crippen LogP contribution < -0.4 is 0 Å². The number of hydrogen-bond acceptors (Lipinski definition) is 2. The lowest BCUT2D eigenvalue weighted by molar-refractivity contribution is -0.134. The molecule has 0 aliphatic carbocycles. The molecule has 0 saturated carbocycles. The van der Waals surface area contributed by atoms with Gasteiger partial charge in [-0.25, -0.2) is 0 Å². The van der Waals surface area contributed by atoms with Crippen LogP contribution in [0.4, 0.5) is 0 Å². The van der Waals surface area contributed by atoms with E-state index in [4.69, 9.17) is 4.74 Å². The molecule has 0 radical (unpaired) electrons. The van der Waals surface area contributed by atoms with Gasteiger partial charge in [-0.3, -0.25) is 4.79 Å². The first-order valence-electron chi connectivity index (χ1n) is 4.54. The first kappa shape index (κ1) is 11.4. The van der Waals surface area contributed by atoms with Crippen LogP contribution in [0.5, 0.6) is 0 Å². The fourth-order valence-corrected chi connectivity index (χ4v) is 0.820. The molecule has 0 N–H and O–H groups in total. The van der Waals surface area contributed by atoms with Crippen LogP contribution in [-0.4, -0.2) is 37.6 Å². The van der Waals surface area contributed by atoms with E-state index in [1.165, 1.54) is 0 Å². The molecule has 0 aliphatic heterocycles. The largest absolute Gasteiger partial charge is 0.372 e. The van der Waals surface area contributed by atoms with E-state index in [2.05, 4.69) is 6.92 Å². The second-order valence-corrected chi connectivity index (χ2v) is 2.81. The Morgan fingerprint density at radius 3 is 2.58 bits per heavy atom. The lowest BCUT2D eigenvalue weighted by Crippen LogP contribution is -2.31. The number of unbranched alkanes of at least 4 members (excludes halogenated alkanes) is 1. The number of rotatable bonds is 6. The Morgan fingerprint density at radius 1 is 1.42 bits per heavy atom. The average Bonchev–Trinajstić information content (AvgIpc) is 2.10. The van der Waals surface area contributed by atoms with Crippen LogP contribution in [0.25, 0.3) is 0 Å². The molecule has 0 aliphatic rings. The van der Waals surface area contributed by atoms with E-state index >= 15 is 0 Å². The highest BCUT2D eigenvalue weighted by Crippen LogP contribution is 1.92. The lowest BCUT2D eigenvalue weighted by atomic mass is 10.3. The van der Waals surface area contributed by atoms with Crippen LogP contribution in [0, 0.1) is 0 Å². The first-order valence-corrected chi connectivity index (χ1v) is 4.54. The second-order valence-electron chi connectivity index (χ2n) is 2.81. The van der Waals surface area contributed by atoms with Crippen molar-refractivity contribution in [3.8, 4) is 0 Å². The van der Waals surface area contributed by atoms with E-state index in [1.807, 2.05) is 14.0 Å². The van der Waals surface area contributed by atoms with Gasteiger partial charge in [0.15, 0.2) is 0 Å². The molecule has 0 spiro atoms. The fraction of sp³-hybridized carbons (Fsp3) is 0.889. The Morgan fingerprint density at radius 2 is 2.08 bits per heavy atom. The topological polar surface area (TPSA) is 29.5 Å². The number of likely N-dealkylation sites (N-methyl/N-ethyl adjacent to an activating group) is 1. The summed E-state index contributed by atoms with van der Waals surface area (Å²) in [4.78, 5) is 12.9. The van der Waals surface area contributed by atoms with Gasteiger partial charge in [-0.05, 0) is 13.3 Å². The van der Waals surface area contributed by atoms with Crippen molar-refractivity contribution in [3.63, 3.8) is 0 Å². The van der Waals surface area contributed by atoms with Gasteiger partial charge in [-0.2, -0.15) is 0 Å². The molecular formula is C9H19NO2. The molecule has 3 heteroatoms. The minimum atomic E-state index is 0.0744. The van der Waals surface area contributed by atoms with Gasteiger partial charge in [0, 0.05) is 20.2 Å². The van der Waals surface area contributed by atoms with E-state index in [0.29, 0.717) is 6.61 Å². The third-order valence-electron chi connectivity index (χ3n) is 1.70. The molecule has 72 valence electrons. The summed E-state index contributed by atoms with van der Waals surface area (Å²) < 4.78 is 5.01. The smallest absolute Gasteiger partial charge is 0.248 e. The summed E-state index contributed by atoms with van der Waals surface area (Å²) in [5.74, 6) is 0.0744. The highest BCUT2D eigenvalue weighted by molar-refractivity contribution is 5.77. The average molecular weight is 173 g/mol. The van der Waals surface area contributed by atoms with Gasteiger partial charge in [0.2, 0.25) is 5.91 Å². The minimum absolute atomic E-state index is 0.0744. The highest BCUT2D eigenvalue weighted by atomic mass is 16.5. The van der Waals surface area contributed by atoms with E-state index in [1.54, 1.807) is 4.90 Å². The van der Waals surface area contributed by atoms with Crippen molar-refractivity contribution in [1.29, 1.82) is 0 Å². The second kappa shape index (κ2) is 7.10. The Hall–Kier alpha value is -0.570. The SMILES string of the molecule is CCCCN(C)C(=O)COCC. The van der Waals surface area contributed by atoms with Crippen molar-refractivity contribution in [2.45, 2.75) is 26.7 Å². The predicted octanol–water partition coefficient (Wildman–Crippen LogP) is 1.28. The Labute approximate surface area is 74.7 Å². The molecule has 0 aromatic carbocycles. The zero-order valence-electron chi connectivity index (χ0n) is 8.30. The highest BCUT2D eigenvalue weighted by Gasteiger charge is 2.06. The maximum atomic E-state index is 11.2. The van der Waals surface area contributed by atoms with Gasteiger partial charge in [0.05, 0.1) is 0 Å². The van der Waals surface area contributed by atoms with Gasteiger partial charge in [0.1, 0.15) is 6.61 Å². The van der Waals surface area contributed by atoms with E-state index in [0.717, 1.165) is 19.4 Å². The minimum Gasteiger partial charge on any atom is -0.372 e. The fourth-order valence-electron chi connectivity index (χ4n) is 0.820. The van der Waals surface area contributed by atoms with Gasteiger partial charge >= 0.3 is 0 Å². The molecule has 0 rings (SSSR count). The number of carbonyl (C=O) groups excluding carboxylic acids is 1. The molecule has 3 nitrogen and oxygen atoms in total. The summed E-state index contributed by atoms with van der Waals surface area (Å²) in [7, 11) is 1.82. The molecule has 0 atom stereocenters. The molecular weight excluding hydrogens is 154 g/mol. The van der Waals surface area contributed by atoms with Crippen LogP contribution >= 0.6 is 0 Å². The summed E-state index contributed by atoms with van der Waals surface area (Å²) in [6.07, 6.45) is 2.18. The molecule has 1 amide bonds. The summed E-state index contributed by atoms with van der Waals surface area (Å²) in [6.45, 7) is 5.66. The van der Waals surface area contributed by atoms with Crippen LogP contribution in [0.2, 0.25) is 0 Å². The Kier molecular flexibility index (Phi) is 6.76. The van der Waals surface area contributed by atoms with Crippen molar-refractivity contribution in [1.82, 2.24) is 4.90 Å². The van der Waals surface area contributed by atoms with E-state index in [9.17, 15) is 4.79 Å². The predicted molar refractivity (Wildman–Crippen MR) is 49.0 cm³/mol. The monoisotopic (exact) mass is 173 g/mol. The number of amides is 1. The Balaban J connectivity index is 3.47. The van der Waals surface area contributed by atoms with Gasteiger partial charge in [-0.1, -0.05) is 13.3 Å². The number of ether oxygens (including phenoxy) is 1. The molecule has 0 unspecified atom stereocenters. The summed E-state index contributed by atoms with van der Waals surface area (Å²) in [6, 6.07) is 0. The molecule has 0 aromatic rings. The third kappa shape index (κ3) is 5.13. The van der Waals surface area contributed by atoms with Crippen LogP contribution in [0.1, 0.15) is 26.7 Å². The molecule has 12 heavy (non-hydrogen) atoms. The molecule has 0 aromatic heterocycles. The molecule has 0 fully saturated rings. The maximum absolute atomic E-state index is 11.2. The number of hydrogen-bond donors (Lipinski definition) is 0. The zero-order valence-corrected chi connectivity index (χ0v) is 8.30. The van der Waals surface area contributed by atoms with Gasteiger partial charge in [-0.15, -0.1) is 0 Å². The van der Waals surface area contributed by atoms with Crippen molar-refractivity contribution < 1.29 is 9.53 Å². The third-order valence-corrected chi connectivity index (χ3v) is 1.70. The van der Waals surface area contributed by atoms with Gasteiger partial charge < -0.3 is 9.64 Å². The standard InChI is InChI=1S/C9H19NO2/c1-4-6-7-10(3)9(11)8-12-5-2/h4-8H2,1-3H3. The first-order chi connectivity index (χ1) is 5.72. The van der Waals surface area contributed by atoms with E-state index in [-0.39, 0.29) is 12.5 Å². The van der Waals surface area contributed by atoms with Crippen LogP contribution in [0.15, 0.2) is 0 Å². The number of nitrogens with zero attached hydrogens (tertiary/aromatic N) is 1. The molecule has 0 saturated heterocycles. The Bertz CT molecular complexity index is 126. The molecule has 0 heterocycles. The zero-order chi connectivity index (χ0) is 9.40. The quantitative estimate of drug-likeness (QED) is 0.605. The summed E-state index contributed by atoms with van der Waals surface area (Å²) >= 11 is 0. The number of carbonyl (C=O) groups is 1. The van der Waals surface area contributed by atoms with Gasteiger partial charge in [0.25, 0.3) is 0 Å². The van der Waals surface area contributed by atoms with Crippen molar-refractivity contribution in [3.05, 3.63) is 0 Å². The van der Waals surface area contributed by atoms with Crippen LogP contribution in [-0.2, 0) is 9.53 Å².